The predicted molar refractivity (Wildman–Crippen MR) is 146 cm³/mol. The Morgan fingerprint density at radius 2 is 1.56 bits per heavy atom. The van der Waals surface area contributed by atoms with Gasteiger partial charge in [-0.3, -0.25) is 4.79 Å². The standard InChI is InChI=1S/C30H30F7N3O3/c1-16-9-20(31)5-6-21(16)22-13-26(40-8-7-25(42)24(40)15-41)38-14-23(22)39(4)27(43)28(2,3)17-10-18(29(32,33)34)12-19(11-17)30(35,36)37/h5-6,9-14,24-25,41-42H,7-8,15H2,1-4H3. The molecule has 0 radical (unpaired) electrons. The van der Waals surface area contributed by atoms with Crippen LogP contribution in [-0.2, 0) is 22.6 Å². The summed E-state index contributed by atoms with van der Waals surface area (Å²) in [5.74, 6) is -1.01. The van der Waals surface area contributed by atoms with Gasteiger partial charge >= 0.3 is 12.4 Å². The van der Waals surface area contributed by atoms with Crippen molar-refractivity contribution < 1.29 is 45.7 Å². The van der Waals surface area contributed by atoms with E-state index in [0.29, 0.717) is 47.6 Å². The van der Waals surface area contributed by atoms with Crippen molar-refractivity contribution in [2.75, 3.05) is 30.0 Å². The molecule has 1 amide bonds. The van der Waals surface area contributed by atoms with Crippen LogP contribution in [0.4, 0.5) is 42.2 Å². The SMILES string of the molecule is Cc1cc(F)ccc1-c1cc(N2CCC(O)C2CO)ncc1N(C)C(=O)C(C)(C)c1cc(C(F)(F)F)cc(C(F)(F)F)c1. The number of hydrogen-bond donors (Lipinski definition) is 2. The molecule has 2 N–H and O–H groups in total. The number of benzene rings is 2. The van der Waals surface area contributed by atoms with Gasteiger partial charge in [-0.05, 0) is 80.3 Å². The number of aromatic nitrogens is 1. The van der Waals surface area contributed by atoms with Crippen molar-refractivity contribution in [1.82, 2.24) is 4.98 Å². The van der Waals surface area contributed by atoms with Gasteiger partial charge in [0.25, 0.3) is 0 Å². The molecule has 1 saturated heterocycles. The first kappa shape index (κ1) is 32.2. The number of anilines is 2. The topological polar surface area (TPSA) is 76.9 Å². The molecule has 3 aromatic rings. The molecule has 0 aliphatic carbocycles. The normalized spacial score (nSPS) is 17.8. The summed E-state index contributed by atoms with van der Waals surface area (Å²) in [4.78, 5) is 21.1. The second kappa shape index (κ2) is 11.4. The lowest BCUT2D eigenvalue weighted by atomic mass is 9.81. The summed E-state index contributed by atoms with van der Waals surface area (Å²) in [7, 11) is 1.32. The van der Waals surface area contributed by atoms with Crippen LogP contribution in [0.25, 0.3) is 11.1 Å². The molecule has 232 valence electrons. The number of alkyl halides is 6. The Kier molecular flexibility index (Phi) is 8.55. The minimum absolute atomic E-state index is 0.000763. The third kappa shape index (κ3) is 6.32. The number of hydrogen-bond acceptors (Lipinski definition) is 5. The highest BCUT2D eigenvalue weighted by atomic mass is 19.4. The molecule has 4 rings (SSSR count). The molecule has 2 aromatic carbocycles. The molecule has 0 bridgehead atoms. The monoisotopic (exact) mass is 613 g/mol. The van der Waals surface area contributed by atoms with Crippen molar-refractivity contribution in [3.63, 3.8) is 0 Å². The van der Waals surface area contributed by atoms with Crippen molar-refractivity contribution >= 4 is 17.4 Å². The second-order valence-electron chi connectivity index (χ2n) is 11.1. The van der Waals surface area contributed by atoms with E-state index in [9.17, 15) is 45.7 Å². The lowest BCUT2D eigenvalue weighted by Gasteiger charge is -2.32. The van der Waals surface area contributed by atoms with Crippen LogP contribution >= 0.6 is 0 Å². The molecule has 1 aromatic heterocycles. The van der Waals surface area contributed by atoms with Crippen LogP contribution < -0.4 is 9.80 Å². The van der Waals surface area contributed by atoms with Crippen molar-refractivity contribution in [3.8, 4) is 11.1 Å². The third-order valence-corrected chi connectivity index (χ3v) is 7.85. The Bertz CT molecular complexity index is 1490. The van der Waals surface area contributed by atoms with Gasteiger partial charge in [-0.1, -0.05) is 6.07 Å². The van der Waals surface area contributed by atoms with E-state index < -0.39 is 58.3 Å². The molecular formula is C30H30F7N3O3. The second-order valence-corrected chi connectivity index (χ2v) is 11.1. The maximum absolute atomic E-state index is 14.0. The van der Waals surface area contributed by atoms with Gasteiger partial charge in [0.05, 0.1) is 47.2 Å². The van der Waals surface area contributed by atoms with E-state index in [1.807, 2.05) is 0 Å². The van der Waals surface area contributed by atoms with Crippen molar-refractivity contribution in [2.45, 2.75) is 57.1 Å². The number of carbonyl (C=O) groups is 1. The number of aryl methyl sites for hydroxylation is 1. The maximum atomic E-state index is 14.0. The van der Waals surface area contributed by atoms with Gasteiger partial charge in [0.15, 0.2) is 0 Å². The van der Waals surface area contributed by atoms with Crippen molar-refractivity contribution in [1.29, 1.82) is 0 Å². The minimum atomic E-state index is -5.09. The van der Waals surface area contributed by atoms with Gasteiger partial charge in [0, 0.05) is 19.2 Å². The number of rotatable bonds is 6. The van der Waals surface area contributed by atoms with E-state index in [2.05, 4.69) is 4.98 Å². The fraction of sp³-hybridized carbons (Fsp3) is 0.400. The smallest absolute Gasteiger partial charge is 0.394 e. The Morgan fingerprint density at radius 1 is 0.977 bits per heavy atom. The van der Waals surface area contributed by atoms with Gasteiger partial charge in [-0.25, -0.2) is 9.37 Å². The van der Waals surface area contributed by atoms with Crippen LogP contribution in [0.1, 0.15) is 42.5 Å². The van der Waals surface area contributed by atoms with Crippen LogP contribution in [0.3, 0.4) is 0 Å². The van der Waals surface area contributed by atoms with E-state index in [1.165, 1.54) is 45.3 Å². The van der Waals surface area contributed by atoms with Crippen molar-refractivity contribution in [2.24, 2.45) is 0 Å². The van der Waals surface area contributed by atoms with Crippen LogP contribution in [0.5, 0.6) is 0 Å². The first-order valence-corrected chi connectivity index (χ1v) is 13.3. The Morgan fingerprint density at radius 3 is 2.09 bits per heavy atom. The molecule has 1 aliphatic rings. The summed E-state index contributed by atoms with van der Waals surface area (Å²) in [6.07, 6.45) is -9.33. The minimum Gasteiger partial charge on any atom is -0.394 e. The Hall–Kier alpha value is -3.71. The van der Waals surface area contributed by atoms with E-state index in [-0.39, 0.29) is 18.4 Å². The van der Waals surface area contributed by atoms with Gasteiger partial charge in [-0.2, -0.15) is 26.3 Å². The zero-order valence-corrected chi connectivity index (χ0v) is 23.7. The van der Waals surface area contributed by atoms with Gasteiger partial charge in [-0.15, -0.1) is 0 Å². The number of aliphatic hydroxyl groups is 2. The molecule has 43 heavy (non-hydrogen) atoms. The lowest BCUT2D eigenvalue weighted by molar-refractivity contribution is -0.143. The van der Waals surface area contributed by atoms with Gasteiger partial charge < -0.3 is 20.0 Å². The fourth-order valence-electron chi connectivity index (χ4n) is 5.32. The number of likely N-dealkylation sites (N-methyl/N-ethyl adjacent to an activating group) is 1. The lowest BCUT2D eigenvalue weighted by Crippen LogP contribution is -2.42. The summed E-state index contributed by atoms with van der Waals surface area (Å²) >= 11 is 0. The average molecular weight is 614 g/mol. The summed E-state index contributed by atoms with van der Waals surface area (Å²) in [6.45, 7) is 4.08. The van der Waals surface area contributed by atoms with Crippen LogP contribution in [0, 0.1) is 12.7 Å². The van der Waals surface area contributed by atoms with Gasteiger partial charge in [0.2, 0.25) is 5.91 Å². The first-order valence-electron chi connectivity index (χ1n) is 13.3. The molecule has 13 heteroatoms. The molecule has 0 saturated carbocycles. The number of halogens is 7. The summed E-state index contributed by atoms with van der Waals surface area (Å²) < 4.78 is 95.4. The number of amides is 1. The number of pyridine rings is 1. The quantitative estimate of drug-likeness (QED) is 0.329. The first-order chi connectivity index (χ1) is 19.9. The number of carbonyl (C=O) groups excluding carboxylic acids is 1. The Labute approximate surface area is 243 Å². The molecule has 2 atom stereocenters. The number of aliphatic hydroxyl groups excluding tert-OH is 2. The van der Waals surface area contributed by atoms with Crippen LogP contribution in [0.2, 0.25) is 0 Å². The average Bonchev–Trinajstić information content (AvgIpc) is 3.31. The highest BCUT2D eigenvalue weighted by Gasteiger charge is 2.41. The highest BCUT2D eigenvalue weighted by Crippen LogP contribution is 2.41. The van der Waals surface area contributed by atoms with Gasteiger partial charge in [0.1, 0.15) is 11.6 Å². The zero-order chi connectivity index (χ0) is 32.1. The van der Waals surface area contributed by atoms with Crippen LogP contribution in [-0.4, -0.2) is 53.4 Å². The molecular weight excluding hydrogens is 583 g/mol. The molecule has 0 spiro atoms. The highest BCUT2D eigenvalue weighted by molar-refractivity contribution is 6.03. The van der Waals surface area contributed by atoms with Crippen molar-refractivity contribution in [3.05, 3.63) is 76.7 Å². The maximum Gasteiger partial charge on any atom is 0.416 e. The summed E-state index contributed by atoms with van der Waals surface area (Å²) in [5.41, 5.74) is -3.96. The zero-order valence-electron chi connectivity index (χ0n) is 23.7. The largest absolute Gasteiger partial charge is 0.416 e. The van der Waals surface area contributed by atoms with Crippen LogP contribution in [0.15, 0.2) is 48.7 Å². The molecule has 2 unspecified atom stereocenters. The van der Waals surface area contributed by atoms with E-state index in [1.54, 1.807) is 17.9 Å². The summed E-state index contributed by atoms with van der Waals surface area (Å²) in [6, 6.07) is 5.93. The number of nitrogens with zero attached hydrogens (tertiary/aromatic N) is 3. The Balaban J connectivity index is 1.84. The third-order valence-electron chi connectivity index (χ3n) is 7.85. The molecule has 1 fully saturated rings. The van der Waals surface area contributed by atoms with E-state index >= 15 is 0 Å². The predicted octanol–water partition coefficient (Wildman–Crippen LogP) is 6.11. The molecule has 2 heterocycles. The molecule has 1 aliphatic heterocycles. The van der Waals surface area contributed by atoms with E-state index in [4.69, 9.17) is 0 Å². The summed E-state index contributed by atoms with van der Waals surface area (Å²) in [5, 5.41) is 20.1. The molecule has 6 nitrogen and oxygen atoms in total. The fourth-order valence-corrected chi connectivity index (χ4v) is 5.32. The van der Waals surface area contributed by atoms with E-state index in [0.717, 1.165) is 4.90 Å².